The third kappa shape index (κ3) is 2.65. The number of carbonyl (C=O) groups is 1. The van der Waals surface area contributed by atoms with Gasteiger partial charge in [-0.1, -0.05) is 11.6 Å². The van der Waals surface area contributed by atoms with Crippen LogP contribution in [0.5, 0.6) is 5.75 Å². The molecule has 1 amide bonds. The SMILES string of the molecule is C[C@@H](NC(=O)c1cc(Cl)ccc1O)c1ccco1. The molecule has 0 fully saturated rings. The molecule has 0 spiro atoms. The van der Waals surface area contributed by atoms with Crippen LogP contribution in [0.25, 0.3) is 0 Å². The normalized spacial score (nSPS) is 12.1. The number of phenolic OH excluding ortho intramolecular Hbond substituents is 1. The zero-order chi connectivity index (χ0) is 13.1. The fourth-order valence-corrected chi connectivity index (χ4v) is 1.75. The first-order valence-electron chi connectivity index (χ1n) is 5.40. The molecule has 4 nitrogen and oxygen atoms in total. The molecule has 18 heavy (non-hydrogen) atoms. The molecule has 0 aliphatic carbocycles. The maximum atomic E-state index is 12.0. The summed E-state index contributed by atoms with van der Waals surface area (Å²) in [5, 5.41) is 12.7. The lowest BCUT2D eigenvalue weighted by atomic mass is 10.1. The van der Waals surface area contributed by atoms with Gasteiger partial charge in [0.05, 0.1) is 17.9 Å². The van der Waals surface area contributed by atoms with Gasteiger partial charge in [-0.25, -0.2) is 0 Å². The average Bonchev–Trinajstić information content (AvgIpc) is 2.85. The zero-order valence-corrected chi connectivity index (χ0v) is 10.4. The van der Waals surface area contributed by atoms with Gasteiger partial charge in [-0.15, -0.1) is 0 Å². The number of phenols is 1. The summed E-state index contributed by atoms with van der Waals surface area (Å²) in [4.78, 5) is 12.0. The van der Waals surface area contributed by atoms with E-state index in [4.69, 9.17) is 16.0 Å². The van der Waals surface area contributed by atoms with Crippen LogP contribution in [0.15, 0.2) is 41.0 Å². The summed E-state index contributed by atoms with van der Waals surface area (Å²) in [5.74, 6) is 0.132. The van der Waals surface area contributed by atoms with E-state index in [1.54, 1.807) is 19.1 Å². The summed E-state index contributed by atoms with van der Waals surface area (Å²) in [6, 6.07) is 7.54. The minimum atomic E-state index is -0.404. The Hall–Kier alpha value is -1.94. The Bertz CT molecular complexity index is 551. The Labute approximate surface area is 109 Å². The van der Waals surface area contributed by atoms with Gasteiger partial charge in [0.15, 0.2) is 0 Å². The lowest BCUT2D eigenvalue weighted by molar-refractivity contribution is 0.0932. The van der Waals surface area contributed by atoms with Crippen molar-refractivity contribution in [2.24, 2.45) is 0 Å². The smallest absolute Gasteiger partial charge is 0.255 e. The summed E-state index contributed by atoms with van der Waals surface area (Å²) in [6.45, 7) is 1.79. The van der Waals surface area contributed by atoms with Gasteiger partial charge in [0.1, 0.15) is 11.5 Å². The van der Waals surface area contributed by atoms with Crippen molar-refractivity contribution in [3.63, 3.8) is 0 Å². The molecule has 0 aliphatic rings. The largest absolute Gasteiger partial charge is 0.507 e. The number of furan rings is 1. The maximum Gasteiger partial charge on any atom is 0.255 e. The Morgan fingerprint density at radius 2 is 2.22 bits per heavy atom. The summed E-state index contributed by atoms with van der Waals surface area (Å²) in [7, 11) is 0. The Morgan fingerprint density at radius 1 is 1.44 bits per heavy atom. The van der Waals surface area contributed by atoms with Gasteiger partial charge in [0, 0.05) is 5.02 Å². The fourth-order valence-electron chi connectivity index (χ4n) is 1.57. The second kappa shape index (κ2) is 5.14. The van der Waals surface area contributed by atoms with Gasteiger partial charge >= 0.3 is 0 Å². The number of nitrogens with one attached hydrogen (secondary N) is 1. The predicted molar refractivity (Wildman–Crippen MR) is 67.7 cm³/mol. The molecule has 2 rings (SSSR count). The molecule has 0 radical (unpaired) electrons. The van der Waals surface area contributed by atoms with Gasteiger partial charge in [0.25, 0.3) is 5.91 Å². The Morgan fingerprint density at radius 3 is 2.89 bits per heavy atom. The molecule has 0 saturated carbocycles. The van der Waals surface area contributed by atoms with Crippen molar-refractivity contribution in [1.82, 2.24) is 5.32 Å². The standard InChI is InChI=1S/C13H12ClNO3/c1-8(12-3-2-6-18-12)15-13(17)10-7-9(14)4-5-11(10)16/h2-8,16H,1H3,(H,15,17)/t8-/m1/s1. The molecule has 1 aromatic carbocycles. The van der Waals surface area contributed by atoms with E-state index in [9.17, 15) is 9.90 Å². The highest BCUT2D eigenvalue weighted by atomic mass is 35.5. The quantitative estimate of drug-likeness (QED) is 0.896. The number of carbonyl (C=O) groups excluding carboxylic acids is 1. The van der Waals surface area contributed by atoms with Crippen LogP contribution in [-0.4, -0.2) is 11.0 Å². The second-order valence-electron chi connectivity index (χ2n) is 3.87. The van der Waals surface area contributed by atoms with Gasteiger partial charge in [-0.3, -0.25) is 4.79 Å². The number of hydrogen-bond donors (Lipinski definition) is 2. The maximum absolute atomic E-state index is 12.0. The van der Waals surface area contributed by atoms with Crippen LogP contribution in [0.1, 0.15) is 29.1 Å². The van der Waals surface area contributed by atoms with Crippen molar-refractivity contribution in [2.45, 2.75) is 13.0 Å². The molecule has 94 valence electrons. The minimum absolute atomic E-state index is 0.108. The van der Waals surface area contributed by atoms with E-state index < -0.39 is 5.91 Å². The number of amides is 1. The van der Waals surface area contributed by atoms with Crippen LogP contribution >= 0.6 is 11.6 Å². The molecule has 1 atom stereocenters. The van der Waals surface area contributed by atoms with Crippen molar-refractivity contribution in [3.05, 3.63) is 52.9 Å². The van der Waals surface area contributed by atoms with Crippen LogP contribution < -0.4 is 5.32 Å². The van der Waals surface area contributed by atoms with Gasteiger partial charge in [0.2, 0.25) is 0 Å². The Kier molecular flexibility index (Phi) is 3.58. The van der Waals surface area contributed by atoms with Gasteiger partial charge in [-0.05, 0) is 37.3 Å². The lowest BCUT2D eigenvalue weighted by Gasteiger charge is -2.12. The third-order valence-corrected chi connectivity index (χ3v) is 2.76. The monoisotopic (exact) mass is 265 g/mol. The summed E-state index contributed by atoms with van der Waals surface area (Å²) in [5.41, 5.74) is 0.140. The first-order chi connectivity index (χ1) is 8.58. The zero-order valence-electron chi connectivity index (χ0n) is 9.68. The van der Waals surface area contributed by atoms with Crippen LogP contribution in [-0.2, 0) is 0 Å². The molecular formula is C13H12ClNO3. The number of halogens is 1. The summed E-state index contributed by atoms with van der Waals surface area (Å²) < 4.78 is 5.18. The number of hydrogen-bond acceptors (Lipinski definition) is 3. The van der Waals surface area contributed by atoms with E-state index in [2.05, 4.69) is 5.32 Å². The molecule has 0 unspecified atom stereocenters. The molecular weight excluding hydrogens is 254 g/mol. The Balaban J connectivity index is 2.15. The number of benzene rings is 1. The van der Waals surface area contributed by atoms with Crippen LogP contribution in [0, 0.1) is 0 Å². The highest BCUT2D eigenvalue weighted by Gasteiger charge is 2.16. The average molecular weight is 266 g/mol. The van der Waals surface area contributed by atoms with E-state index in [1.165, 1.54) is 24.5 Å². The lowest BCUT2D eigenvalue weighted by Crippen LogP contribution is -2.26. The van der Waals surface area contributed by atoms with Crippen LogP contribution in [0.2, 0.25) is 5.02 Å². The molecule has 1 heterocycles. The van der Waals surface area contributed by atoms with Crippen molar-refractivity contribution in [2.75, 3.05) is 0 Å². The van der Waals surface area contributed by atoms with E-state index in [1.807, 2.05) is 0 Å². The van der Waals surface area contributed by atoms with E-state index in [0.717, 1.165) is 0 Å². The molecule has 5 heteroatoms. The molecule has 2 N–H and O–H groups in total. The first-order valence-corrected chi connectivity index (χ1v) is 5.78. The summed E-state index contributed by atoms with van der Waals surface area (Å²) in [6.07, 6.45) is 1.54. The molecule has 0 saturated heterocycles. The van der Waals surface area contributed by atoms with E-state index >= 15 is 0 Å². The van der Waals surface area contributed by atoms with Crippen molar-refractivity contribution >= 4 is 17.5 Å². The van der Waals surface area contributed by atoms with E-state index in [0.29, 0.717) is 10.8 Å². The van der Waals surface area contributed by atoms with E-state index in [-0.39, 0.29) is 17.4 Å². The van der Waals surface area contributed by atoms with Crippen molar-refractivity contribution in [3.8, 4) is 5.75 Å². The molecule has 1 aromatic heterocycles. The number of aromatic hydroxyl groups is 1. The first kappa shape index (κ1) is 12.5. The molecule has 0 aliphatic heterocycles. The van der Waals surface area contributed by atoms with Crippen LogP contribution in [0.3, 0.4) is 0 Å². The second-order valence-corrected chi connectivity index (χ2v) is 4.31. The summed E-state index contributed by atoms with van der Waals surface area (Å²) >= 11 is 5.79. The van der Waals surface area contributed by atoms with Crippen molar-refractivity contribution in [1.29, 1.82) is 0 Å². The molecule has 0 bridgehead atoms. The van der Waals surface area contributed by atoms with Gasteiger partial charge in [-0.2, -0.15) is 0 Å². The van der Waals surface area contributed by atoms with Gasteiger partial charge < -0.3 is 14.8 Å². The highest BCUT2D eigenvalue weighted by Crippen LogP contribution is 2.22. The van der Waals surface area contributed by atoms with Crippen LogP contribution in [0.4, 0.5) is 0 Å². The predicted octanol–water partition coefficient (Wildman–Crippen LogP) is 3.13. The minimum Gasteiger partial charge on any atom is -0.507 e. The third-order valence-electron chi connectivity index (χ3n) is 2.52. The molecule has 2 aromatic rings. The topological polar surface area (TPSA) is 62.5 Å². The van der Waals surface area contributed by atoms with Crippen molar-refractivity contribution < 1.29 is 14.3 Å². The fraction of sp³-hybridized carbons (Fsp3) is 0.154. The highest BCUT2D eigenvalue weighted by molar-refractivity contribution is 6.31. The number of rotatable bonds is 3.